The Hall–Kier alpha value is -2.68. The Bertz CT molecular complexity index is 992. The largest absolute Gasteiger partial charge is 0.631 e. The Labute approximate surface area is 202 Å². The minimum Gasteiger partial charge on any atom is -0.402 e. The molecule has 3 aromatic carbocycles. The van der Waals surface area contributed by atoms with E-state index in [4.69, 9.17) is 25.3 Å². The normalized spacial score (nSPS) is 13.9. The Morgan fingerprint density at radius 2 is 0.941 bits per heavy atom. The number of nitrogens with zero attached hydrogens (tertiary/aromatic N) is 1. The van der Waals surface area contributed by atoms with Crippen LogP contribution in [0.15, 0.2) is 78.9 Å². The summed E-state index contributed by atoms with van der Waals surface area (Å²) < 4.78 is 0. The molecular weight excluding hydrogens is 429 g/mol. The van der Waals surface area contributed by atoms with Crippen LogP contribution in [0.25, 0.3) is 0 Å². The van der Waals surface area contributed by atoms with Gasteiger partial charge in [0.2, 0.25) is 0 Å². The van der Waals surface area contributed by atoms with Gasteiger partial charge in [0.1, 0.15) is 0 Å². The first kappa shape index (κ1) is 27.6. The number of hydrogen-bond acceptors (Lipinski definition) is 6. The van der Waals surface area contributed by atoms with Crippen LogP contribution in [0.4, 0.5) is 17.1 Å². The number of rotatable bonds is 2. The molecule has 0 atom stereocenters. The van der Waals surface area contributed by atoms with Crippen molar-refractivity contribution in [3.8, 4) is 0 Å². The van der Waals surface area contributed by atoms with Crippen molar-refractivity contribution in [1.29, 1.82) is 0 Å². The summed E-state index contributed by atoms with van der Waals surface area (Å²) in [5, 5.41) is 39.7. The molecule has 3 aromatic rings. The van der Waals surface area contributed by atoms with Gasteiger partial charge < -0.3 is 30.2 Å². The van der Waals surface area contributed by atoms with Gasteiger partial charge >= 0.3 is 7.32 Å². The van der Waals surface area contributed by atoms with Crippen molar-refractivity contribution in [2.75, 3.05) is 4.90 Å². The van der Waals surface area contributed by atoms with Gasteiger partial charge in [0.05, 0.1) is 22.6 Å². The molecule has 182 valence electrons. The van der Waals surface area contributed by atoms with Gasteiger partial charge in [0.25, 0.3) is 0 Å². The SMILES string of the molecule is CC(C)(O)C(C)(C)O.CC1(C)c2ccccc2N(c2ccccc2)c2ccccc21.OB(O)O. The van der Waals surface area contributed by atoms with Crippen molar-refractivity contribution in [2.45, 2.75) is 58.2 Å². The molecule has 0 saturated heterocycles. The highest BCUT2D eigenvalue weighted by atomic mass is 16.5. The summed E-state index contributed by atoms with van der Waals surface area (Å²) in [6.45, 7) is 10.9. The zero-order valence-corrected chi connectivity index (χ0v) is 20.8. The fraction of sp³-hybridized carbons (Fsp3) is 0.333. The molecule has 5 N–H and O–H groups in total. The van der Waals surface area contributed by atoms with Gasteiger partial charge in [-0.1, -0.05) is 68.4 Å². The van der Waals surface area contributed by atoms with E-state index in [1.54, 1.807) is 27.7 Å². The lowest BCUT2D eigenvalue weighted by Gasteiger charge is -2.42. The van der Waals surface area contributed by atoms with Crippen LogP contribution in [0.2, 0.25) is 0 Å². The summed E-state index contributed by atoms with van der Waals surface area (Å²) in [6.07, 6.45) is 0. The van der Waals surface area contributed by atoms with E-state index in [0.717, 1.165) is 0 Å². The molecule has 0 aliphatic carbocycles. The Kier molecular flexibility index (Phi) is 8.69. The van der Waals surface area contributed by atoms with Crippen LogP contribution in [0.3, 0.4) is 0 Å². The van der Waals surface area contributed by atoms with Crippen LogP contribution in [-0.4, -0.2) is 43.8 Å². The molecule has 1 aliphatic rings. The first-order valence-electron chi connectivity index (χ1n) is 11.2. The predicted molar refractivity (Wildman–Crippen MR) is 138 cm³/mol. The molecule has 0 aromatic heterocycles. The third kappa shape index (κ3) is 6.47. The van der Waals surface area contributed by atoms with Crippen molar-refractivity contribution in [1.82, 2.24) is 0 Å². The molecule has 4 rings (SSSR count). The van der Waals surface area contributed by atoms with E-state index in [-0.39, 0.29) is 5.41 Å². The molecule has 6 nitrogen and oxygen atoms in total. The zero-order chi connectivity index (χ0) is 25.7. The highest BCUT2D eigenvalue weighted by Crippen LogP contribution is 2.51. The molecule has 0 fully saturated rings. The fourth-order valence-corrected chi connectivity index (χ4v) is 3.52. The number of anilines is 3. The quantitative estimate of drug-likeness (QED) is 0.362. The van der Waals surface area contributed by atoms with Crippen LogP contribution in [0.5, 0.6) is 0 Å². The average Bonchev–Trinajstić information content (AvgIpc) is 2.74. The molecule has 34 heavy (non-hydrogen) atoms. The summed E-state index contributed by atoms with van der Waals surface area (Å²) in [4.78, 5) is 2.37. The lowest BCUT2D eigenvalue weighted by molar-refractivity contribution is -0.107. The monoisotopic (exact) mass is 465 g/mol. The maximum Gasteiger partial charge on any atom is 0.631 e. The van der Waals surface area contributed by atoms with Gasteiger partial charge in [-0.25, -0.2) is 0 Å². The molecule has 0 radical (unpaired) electrons. The topological polar surface area (TPSA) is 104 Å². The predicted octanol–water partition coefficient (Wildman–Crippen LogP) is 4.27. The third-order valence-corrected chi connectivity index (χ3v) is 6.15. The molecule has 7 heteroatoms. The second-order valence-electron chi connectivity index (χ2n) is 9.79. The summed E-state index contributed by atoms with van der Waals surface area (Å²) in [6, 6.07) is 28.1. The van der Waals surface area contributed by atoms with Gasteiger partial charge in [-0.05, 0) is 63.1 Å². The first-order chi connectivity index (χ1) is 15.7. The van der Waals surface area contributed by atoms with E-state index >= 15 is 0 Å². The summed E-state index contributed by atoms with van der Waals surface area (Å²) in [5.41, 5.74) is 4.50. The first-order valence-corrected chi connectivity index (χ1v) is 11.2. The molecule has 1 aliphatic heterocycles. The van der Waals surface area contributed by atoms with E-state index in [2.05, 4.69) is 97.6 Å². The van der Waals surface area contributed by atoms with Crippen molar-refractivity contribution in [3.63, 3.8) is 0 Å². The number of hydrogen-bond donors (Lipinski definition) is 5. The van der Waals surface area contributed by atoms with E-state index in [0.29, 0.717) is 0 Å². The fourth-order valence-electron chi connectivity index (χ4n) is 3.52. The third-order valence-electron chi connectivity index (χ3n) is 6.15. The maximum absolute atomic E-state index is 9.10. The Morgan fingerprint density at radius 3 is 1.29 bits per heavy atom. The van der Waals surface area contributed by atoms with Crippen LogP contribution >= 0.6 is 0 Å². The number of benzene rings is 3. The molecule has 0 spiro atoms. The lowest BCUT2D eigenvalue weighted by atomic mass is 9.73. The van der Waals surface area contributed by atoms with Crippen molar-refractivity contribution < 1.29 is 25.3 Å². The smallest absolute Gasteiger partial charge is 0.402 e. The van der Waals surface area contributed by atoms with Gasteiger partial charge in [-0.2, -0.15) is 0 Å². The number of para-hydroxylation sites is 3. The molecule has 0 amide bonds. The van der Waals surface area contributed by atoms with Crippen LogP contribution in [0, 0.1) is 0 Å². The molecule has 0 unspecified atom stereocenters. The van der Waals surface area contributed by atoms with E-state index in [1.165, 1.54) is 28.2 Å². The maximum atomic E-state index is 9.10. The van der Waals surface area contributed by atoms with Gasteiger partial charge in [0.15, 0.2) is 0 Å². The van der Waals surface area contributed by atoms with Crippen LogP contribution in [0.1, 0.15) is 52.7 Å². The Morgan fingerprint density at radius 1 is 0.618 bits per heavy atom. The van der Waals surface area contributed by atoms with E-state index < -0.39 is 18.5 Å². The summed E-state index contributed by atoms with van der Waals surface area (Å²) in [5.74, 6) is 0. The van der Waals surface area contributed by atoms with Crippen molar-refractivity contribution >= 4 is 24.4 Å². The molecular formula is C27H36BNO5. The van der Waals surface area contributed by atoms with E-state index in [9.17, 15) is 0 Å². The highest BCUT2D eigenvalue weighted by molar-refractivity contribution is 6.30. The highest BCUT2D eigenvalue weighted by Gasteiger charge is 2.36. The van der Waals surface area contributed by atoms with Gasteiger partial charge in [-0.15, -0.1) is 0 Å². The van der Waals surface area contributed by atoms with Gasteiger partial charge in [0, 0.05) is 11.1 Å². The standard InChI is InChI=1S/C21H19N.C6H14O2.BH3O3/c1-21(2)17-12-6-8-14-19(17)22(16-10-4-3-5-11-16)20-15-9-7-13-18(20)21;1-5(2,7)6(3,4)8;2-1(3)4/h3-15H,1-2H3;7-8H,1-4H3;2-4H. The minimum atomic E-state index is -2.17. The van der Waals surface area contributed by atoms with E-state index in [1.807, 2.05) is 0 Å². The number of aliphatic hydroxyl groups is 2. The Balaban J connectivity index is 0.000000286. The van der Waals surface area contributed by atoms with Crippen molar-refractivity contribution in [2.24, 2.45) is 0 Å². The number of fused-ring (bicyclic) bond motifs is 2. The zero-order valence-electron chi connectivity index (χ0n) is 20.8. The van der Waals surface area contributed by atoms with Gasteiger partial charge in [-0.3, -0.25) is 0 Å². The summed E-state index contributed by atoms with van der Waals surface area (Å²) in [7, 11) is -2.17. The average molecular weight is 465 g/mol. The van der Waals surface area contributed by atoms with Crippen molar-refractivity contribution in [3.05, 3.63) is 90.0 Å². The second kappa shape index (κ2) is 10.7. The second-order valence-corrected chi connectivity index (χ2v) is 9.79. The molecule has 0 bridgehead atoms. The van der Waals surface area contributed by atoms with Crippen LogP contribution in [-0.2, 0) is 5.41 Å². The van der Waals surface area contributed by atoms with Crippen LogP contribution < -0.4 is 4.90 Å². The lowest BCUT2D eigenvalue weighted by Crippen LogP contribution is -2.44. The summed E-state index contributed by atoms with van der Waals surface area (Å²) >= 11 is 0. The minimum absolute atomic E-state index is 0.0124. The molecule has 0 saturated carbocycles. The molecule has 1 heterocycles.